The van der Waals surface area contributed by atoms with E-state index in [4.69, 9.17) is 4.74 Å². The fourth-order valence-corrected chi connectivity index (χ4v) is 8.91. The number of sulfonamides is 1. The number of halogens is 1. The standard InChI is InChI=1S/C32H32FN5O3S/c1-22-13-30-23(16-35-38(30)27-11-9-26(33)10-12-27)14-29(22)31-20-32(41-3,24-7-5-4-6-8-24)15-25(31)18-37(21-31)42(39,40)28-17-34-36(2)19-28/h4-14,16-17,19,25H,15,18,20-21H2,1-3H3/t25-,31?,32+/m0/s1. The Balaban J connectivity index is 1.36. The van der Waals surface area contributed by atoms with E-state index in [0.29, 0.717) is 25.9 Å². The predicted molar refractivity (Wildman–Crippen MR) is 157 cm³/mol. The minimum Gasteiger partial charge on any atom is -0.373 e. The van der Waals surface area contributed by atoms with Gasteiger partial charge in [0.2, 0.25) is 10.0 Å². The summed E-state index contributed by atoms with van der Waals surface area (Å²) in [6, 6.07) is 20.8. The molecule has 3 heterocycles. The fraction of sp³-hybridized carbons (Fsp3) is 0.312. The van der Waals surface area contributed by atoms with E-state index in [0.717, 1.165) is 33.3 Å². The zero-order valence-electron chi connectivity index (χ0n) is 23.7. The van der Waals surface area contributed by atoms with Gasteiger partial charge in [-0.15, -0.1) is 0 Å². The summed E-state index contributed by atoms with van der Waals surface area (Å²) < 4.78 is 52.6. The molecule has 2 aromatic heterocycles. The molecule has 1 saturated carbocycles. The Labute approximate surface area is 244 Å². The van der Waals surface area contributed by atoms with E-state index in [1.807, 2.05) is 29.1 Å². The van der Waals surface area contributed by atoms with Crippen molar-refractivity contribution in [2.45, 2.75) is 35.7 Å². The first-order valence-electron chi connectivity index (χ1n) is 14.0. The van der Waals surface area contributed by atoms with Gasteiger partial charge >= 0.3 is 0 Å². The molecule has 1 saturated heterocycles. The number of ether oxygens (including phenoxy) is 1. The highest BCUT2D eigenvalue weighted by atomic mass is 32.2. The molecule has 0 radical (unpaired) electrons. The van der Waals surface area contributed by atoms with E-state index in [-0.39, 0.29) is 16.6 Å². The average molecular weight is 586 g/mol. The molecular formula is C32H32FN5O3S. The number of rotatable bonds is 6. The van der Waals surface area contributed by atoms with Crippen molar-refractivity contribution in [3.63, 3.8) is 0 Å². The van der Waals surface area contributed by atoms with E-state index in [9.17, 15) is 12.8 Å². The number of aryl methyl sites for hydroxylation is 2. The molecule has 3 atom stereocenters. The van der Waals surface area contributed by atoms with Crippen LogP contribution in [0.15, 0.2) is 90.2 Å². The SMILES string of the molecule is CO[C@]1(c2ccccc2)C[C@H]2CN(S(=O)(=O)c3cnn(C)c3)CC2(c2cc3cnn(-c4ccc(F)cc4)c3cc2C)C1. The van der Waals surface area contributed by atoms with Crippen LogP contribution in [0.2, 0.25) is 0 Å². The summed E-state index contributed by atoms with van der Waals surface area (Å²) in [5, 5.41) is 9.69. The molecule has 0 amide bonds. The molecule has 0 bridgehead atoms. The summed E-state index contributed by atoms with van der Waals surface area (Å²) in [5.74, 6) is -0.278. The lowest BCUT2D eigenvalue weighted by molar-refractivity contribution is -0.0183. The monoisotopic (exact) mass is 585 g/mol. The second-order valence-corrected chi connectivity index (χ2v) is 13.6. The smallest absolute Gasteiger partial charge is 0.246 e. The van der Waals surface area contributed by atoms with E-state index in [2.05, 4.69) is 41.4 Å². The van der Waals surface area contributed by atoms with E-state index in [1.54, 1.807) is 36.8 Å². The number of benzene rings is 3. The molecule has 1 aliphatic heterocycles. The Morgan fingerprint density at radius 3 is 2.48 bits per heavy atom. The summed E-state index contributed by atoms with van der Waals surface area (Å²) in [4.78, 5) is 0.203. The average Bonchev–Trinajstić information content (AvgIpc) is 3.75. The summed E-state index contributed by atoms with van der Waals surface area (Å²) in [6.45, 7) is 2.81. The summed E-state index contributed by atoms with van der Waals surface area (Å²) in [5.41, 5.74) is 3.91. The van der Waals surface area contributed by atoms with Crippen LogP contribution >= 0.6 is 0 Å². The van der Waals surface area contributed by atoms with Crippen LogP contribution in [0.1, 0.15) is 29.5 Å². The molecule has 10 heteroatoms. The predicted octanol–water partition coefficient (Wildman–Crippen LogP) is 5.10. The van der Waals surface area contributed by atoms with Crippen LogP contribution in [-0.2, 0) is 32.8 Å². The second kappa shape index (κ2) is 9.58. The van der Waals surface area contributed by atoms with Gasteiger partial charge in [-0.1, -0.05) is 30.3 Å². The molecule has 1 aliphatic carbocycles. The molecule has 0 N–H and O–H groups in total. The van der Waals surface area contributed by atoms with Crippen molar-refractivity contribution >= 4 is 20.9 Å². The molecule has 42 heavy (non-hydrogen) atoms. The van der Waals surface area contributed by atoms with Gasteiger partial charge in [0.15, 0.2) is 0 Å². The molecule has 2 fully saturated rings. The number of hydrogen-bond acceptors (Lipinski definition) is 5. The first kappa shape index (κ1) is 27.0. The van der Waals surface area contributed by atoms with Gasteiger partial charge in [0, 0.05) is 44.2 Å². The highest BCUT2D eigenvalue weighted by molar-refractivity contribution is 7.89. The second-order valence-electron chi connectivity index (χ2n) is 11.7. The molecule has 2 aliphatic rings. The molecular weight excluding hydrogens is 553 g/mol. The molecule has 7 rings (SSSR count). The van der Waals surface area contributed by atoms with Crippen LogP contribution in [0, 0.1) is 18.7 Å². The number of aromatic nitrogens is 4. The van der Waals surface area contributed by atoms with Crippen LogP contribution < -0.4 is 0 Å². The van der Waals surface area contributed by atoms with Crippen LogP contribution in [0.25, 0.3) is 16.6 Å². The molecule has 1 unspecified atom stereocenters. The molecule has 3 aromatic carbocycles. The minimum absolute atomic E-state index is 0.0207. The lowest BCUT2D eigenvalue weighted by Crippen LogP contribution is -2.38. The third-order valence-electron chi connectivity index (χ3n) is 9.37. The van der Waals surface area contributed by atoms with E-state index >= 15 is 0 Å². The van der Waals surface area contributed by atoms with Gasteiger partial charge in [-0.2, -0.15) is 14.5 Å². The van der Waals surface area contributed by atoms with Gasteiger partial charge in [0.1, 0.15) is 10.7 Å². The van der Waals surface area contributed by atoms with Crippen LogP contribution in [0.3, 0.4) is 0 Å². The maximum absolute atomic E-state index is 13.8. The number of methoxy groups -OCH3 is 1. The van der Waals surface area contributed by atoms with Crippen molar-refractivity contribution in [1.29, 1.82) is 0 Å². The maximum atomic E-state index is 13.8. The molecule has 216 valence electrons. The van der Waals surface area contributed by atoms with Crippen LogP contribution in [-0.4, -0.2) is 52.5 Å². The fourth-order valence-electron chi connectivity index (χ4n) is 7.37. The van der Waals surface area contributed by atoms with Crippen molar-refractivity contribution in [3.8, 4) is 5.69 Å². The third kappa shape index (κ3) is 4.04. The maximum Gasteiger partial charge on any atom is 0.246 e. The van der Waals surface area contributed by atoms with Crippen molar-refractivity contribution in [2.24, 2.45) is 13.0 Å². The summed E-state index contributed by atoms with van der Waals surface area (Å²) in [6.07, 6.45) is 6.13. The lowest BCUT2D eigenvalue weighted by atomic mass is 9.72. The Bertz CT molecular complexity index is 1900. The van der Waals surface area contributed by atoms with Gasteiger partial charge in [-0.3, -0.25) is 4.68 Å². The zero-order valence-corrected chi connectivity index (χ0v) is 24.6. The Morgan fingerprint density at radius 2 is 1.79 bits per heavy atom. The molecule has 8 nitrogen and oxygen atoms in total. The molecule has 5 aromatic rings. The normalized spacial score (nSPS) is 24.4. The van der Waals surface area contributed by atoms with Gasteiger partial charge in [0.05, 0.1) is 29.2 Å². The van der Waals surface area contributed by atoms with Crippen molar-refractivity contribution in [3.05, 3.63) is 108 Å². The first-order valence-corrected chi connectivity index (χ1v) is 15.4. The van der Waals surface area contributed by atoms with Gasteiger partial charge < -0.3 is 4.74 Å². The quantitative estimate of drug-likeness (QED) is 0.277. The van der Waals surface area contributed by atoms with Gasteiger partial charge in [0.25, 0.3) is 0 Å². The first-order chi connectivity index (χ1) is 20.1. The summed E-state index contributed by atoms with van der Waals surface area (Å²) in [7, 11) is -0.266. The van der Waals surface area contributed by atoms with E-state index < -0.39 is 21.0 Å². The van der Waals surface area contributed by atoms with Crippen molar-refractivity contribution in [1.82, 2.24) is 23.9 Å². The minimum atomic E-state index is -3.74. The number of nitrogens with zero attached hydrogens (tertiary/aromatic N) is 5. The van der Waals surface area contributed by atoms with Gasteiger partial charge in [-0.25, -0.2) is 17.5 Å². The van der Waals surface area contributed by atoms with Crippen molar-refractivity contribution < 1.29 is 17.5 Å². The highest BCUT2D eigenvalue weighted by Gasteiger charge is 2.62. The summed E-state index contributed by atoms with van der Waals surface area (Å²) >= 11 is 0. The van der Waals surface area contributed by atoms with Crippen LogP contribution in [0.5, 0.6) is 0 Å². The topological polar surface area (TPSA) is 82.2 Å². The zero-order chi connectivity index (χ0) is 29.3. The van der Waals surface area contributed by atoms with Gasteiger partial charge in [-0.05, 0) is 78.8 Å². The molecule has 0 spiro atoms. The van der Waals surface area contributed by atoms with E-state index in [1.165, 1.54) is 23.0 Å². The largest absolute Gasteiger partial charge is 0.373 e. The number of hydrogen-bond donors (Lipinski definition) is 0. The Hall–Kier alpha value is -3.86. The van der Waals surface area contributed by atoms with Crippen molar-refractivity contribution in [2.75, 3.05) is 20.2 Å². The number of fused-ring (bicyclic) bond motifs is 2. The van der Waals surface area contributed by atoms with Crippen LogP contribution in [0.4, 0.5) is 4.39 Å². The third-order valence-corrected chi connectivity index (χ3v) is 11.1. The highest BCUT2D eigenvalue weighted by Crippen LogP contribution is 2.60. The Kier molecular flexibility index (Phi) is 6.16. The lowest BCUT2D eigenvalue weighted by Gasteiger charge is -2.35. The Morgan fingerprint density at radius 1 is 1.02 bits per heavy atom.